The Bertz CT molecular complexity index is 895. The van der Waals surface area contributed by atoms with Gasteiger partial charge in [-0.05, 0) is 71.3 Å². The first-order valence-corrected chi connectivity index (χ1v) is 12.6. The van der Waals surface area contributed by atoms with Gasteiger partial charge in [0.1, 0.15) is 42.3 Å². The first-order valence-electron chi connectivity index (χ1n) is 12.6. The molecule has 3 fully saturated rings. The van der Waals surface area contributed by atoms with Crippen LogP contribution in [0.15, 0.2) is 35.9 Å². The smallest absolute Gasteiger partial charge is 0.325 e. The van der Waals surface area contributed by atoms with Crippen molar-refractivity contribution in [3.63, 3.8) is 0 Å². The van der Waals surface area contributed by atoms with Crippen molar-refractivity contribution in [2.75, 3.05) is 45.8 Å². The highest BCUT2D eigenvalue weighted by Crippen LogP contribution is 2.59. The van der Waals surface area contributed by atoms with Gasteiger partial charge in [-0.1, -0.05) is 11.6 Å². The Labute approximate surface area is 208 Å². The number of ether oxygens (including phenoxy) is 5. The standard InChI is InChI=1S/C27H40N2O6/c1-18(2)6-11-22-26(3,35-22)25-24(31-5)21(12-13-27(25)17-33-27)34-23(30)16-29-19-7-9-20(10-8-19)32-15-14-28-4/h6-10,21-22,24-25,28-29H,11-17H2,1-5H3/t21-,22?,24-,25-,26+,27+/m1/s1. The van der Waals surface area contributed by atoms with Gasteiger partial charge in [0.15, 0.2) is 0 Å². The molecule has 1 aromatic carbocycles. The summed E-state index contributed by atoms with van der Waals surface area (Å²) in [7, 11) is 3.58. The van der Waals surface area contributed by atoms with Gasteiger partial charge in [0.2, 0.25) is 0 Å². The predicted molar refractivity (Wildman–Crippen MR) is 134 cm³/mol. The summed E-state index contributed by atoms with van der Waals surface area (Å²) in [6.45, 7) is 8.52. The zero-order valence-corrected chi connectivity index (χ0v) is 21.6. The molecule has 4 rings (SSSR count). The fraction of sp³-hybridized carbons (Fsp3) is 0.667. The van der Waals surface area contributed by atoms with E-state index in [0.717, 1.165) is 30.8 Å². The van der Waals surface area contributed by atoms with Crippen LogP contribution in [0.5, 0.6) is 5.75 Å². The van der Waals surface area contributed by atoms with Gasteiger partial charge in [-0.15, -0.1) is 0 Å². The third-order valence-electron chi connectivity index (χ3n) is 7.43. The average molecular weight is 489 g/mol. The van der Waals surface area contributed by atoms with Crippen LogP contribution in [0.3, 0.4) is 0 Å². The zero-order valence-electron chi connectivity index (χ0n) is 21.6. The molecule has 2 aliphatic heterocycles. The molecule has 0 radical (unpaired) electrons. The second kappa shape index (κ2) is 10.9. The molecule has 6 atom stereocenters. The Morgan fingerprint density at radius 3 is 2.63 bits per heavy atom. The summed E-state index contributed by atoms with van der Waals surface area (Å²) in [5, 5.41) is 6.18. The second-order valence-electron chi connectivity index (χ2n) is 10.2. The van der Waals surface area contributed by atoms with Gasteiger partial charge in [0.25, 0.3) is 0 Å². The molecule has 0 bridgehead atoms. The first kappa shape index (κ1) is 25.9. The van der Waals surface area contributed by atoms with E-state index < -0.39 is 0 Å². The van der Waals surface area contributed by atoms with Gasteiger partial charge in [-0.25, -0.2) is 0 Å². The maximum absolute atomic E-state index is 12.7. The molecule has 1 saturated carbocycles. The van der Waals surface area contributed by atoms with Gasteiger partial charge in [-0.2, -0.15) is 0 Å². The lowest BCUT2D eigenvalue weighted by atomic mass is 9.68. The molecule has 8 heteroatoms. The Balaban J connectivity index is 1.32. The lowest BCUT2D eigenvalue weighted by Gasteiger charge is -2.42. The summed E-state index contributed by atoms with van der Waals surface area (Å²) in [5.41, 5.74) is 1.54. The van der Waals surface area contributed by atoms with Gasteiger partial charge < -0.3 is 34.3 Å². The van der Waals surface area contributed by atoms with Crippen molar-refractivity contribution < 1.29 is 28.5 Å². The van der Waals surface area contributed by atoms with E-state index in [1.54, 1.807) is 7.11 Å². The highest BCUT2D eigenvalue weighted by atomic mass is 16.6. The number of carbonyl (C=O) groups is 1. The normalized spacial score (nSPS) is 33.2. The van der Waals surface area contributed by atoms with E-state index in [4.69, 9.17) is 23.7 Å². The molecule has 1 unspecified atom stereocenters. The molecule has 0 amide bonds. The Hall–Kier alpha value is -2.13. The number of likely N-dealkylation sites (N-methyl/N-ethyl adjacent to an activating group) is 1. The van der Waals surface area contributed by atoms with Crippen molar-refractivity contribution in [3.05, 3.63) is 35.9 Å². The molecule has 1 spiro atoms. The van der Waals surface area contributed by atoms with E-state index in [1.807, 2.05) is 31.3 Å². The largest absolute Gasteiger partial charge is 0.492 e. The molecule has 3 aliphatic rings. The van der Waals surface area contributed by atoms with Gasteiger partial charge in [0, 0.05) is 19.3 Å². The Morgan fingerprint density at radius 1 is 1.26 bits per heavy atom. The van der Waals surface area contributed by atoms with Crippen LogP contribution in [0, 0.1) is 5.92 Å². The maximum Gasteiger partial charge on any atom is 0.325 e. The van der Waals surface area contributed by atoms with Crippen LogP contribution in [0.4, 0.5) is 5.69 Å². The van der Waals surface area contributed by atoms with Crippen molar-refractivity contribution in [1.82, 2.24) is 5.32 Å². The number of anilines is 1. The average Bonchev–Trinajstić information content (AvgIpc) is 3.75. The van der Waals surface area contributed by atoms with Crippen LogP contribution < -0.4 is 15.4 Å². The first-order chi connectivity index (χ1) is 16.8. The molecular formula is C27H40N2O6. The summed E-state index contributed by atoms with van der Waals surface area (Å²) in [6.07, 6.45) is 4.16. The molecule has 1 aliphatic carbocycles. The molecule has 8 nitrogen and oxygen atoms in total. The molecule has 35 heavy (non-hydrogen) atoms. The van der Waals surface area contributed by atoms with Gasteiger partial charge in [0.05, 0.1) is 18.6 Å². The van der Waals surface area contributed by atoms with Crippen LogP contribution in [0.2, 0.25) is 0 Å². The van der Waals surface area contributed by atoms with Crippen LogP contribution in [0.1, 0.15) is 40.0 Å². The minimum absolute atomic E-state index is 0.0190. The van der Waals surface area contributed by atoms with Gasteiger partial charge in [-0.3, -0.25) is 4.79 Å². The molecule has 2 N–H and O–H groups in total. The SMILES string of the molecule is CNCCOc1ccc(NCC(=O)O[C@@H]2CC[C@]3(CO3)[C@@H]([C@@]3(C)OC3CC=C(C)C)[C@@H]2OC)cc1. The van der Waals surface area contributed by atoms with Crippen molar-refractivity contribution >= 4 is 11.7 Å². The molecule has 2 heterocycles. The van der Waals surface area contributed by atoms with E-state index in [-0.39, 0.29) is 47.9 Å². The Kier molecular flexibility index (Phi) is 8.06. The van der Waals surface area contributed by atoms with Crippen molar-refractivity contribution in [3.8, 4) is 5.75 Å². The molecule has 2 saturated heterocycles. The van der Waals surface area contributed by atoms with Crippen molar-refractivity contribution in [2.24, 2.45) is 5.92 Å². The number of epoxide rings is 2. The maximum atomic E-state index is 12.7. The molecule has 194 valence electrons. The zero-order chi connectivity index (χ0) is 25.1. The van der Waals surface area contributed by atoms with Crippen LogP contribution in [0.25, 0.3) is 0 Å². The van der Waals surface area contributed by atoms with Crippen LogP contribution >= 0.6 is 0 Å². The number of rotatable bonds is 12. The lowest BCUT2D eigenvalue weighted by molar-refractivity contribution is -0.170. The number of esters is 1. The van der Waals surface area contributed by atoms with Gasteiger partial charge >= 0.3 is 5.97 Å². The van der Waals surface area contributed by atoms with E-state index in [1.165, 1.54) is 5.57 Å². The predicted octanol–water partition coefficient (Wildman–Crippen LogP) is 3.32. The summed E-state index contributed by atoms with van der Waals surface area (Å²) in [6, 6.07) is 7.55. The van der Waals surface area contributed by atoms with E-state index in [9.17, 15) is 4.79 Å². The van der Waals surface area contributed by atoms with Crippen LogP contribution in [-0.2, 0) is 23.7 Å². The third kappa shape index (κ3) is 6.00. The number of hydrogen-bond donors (Lipinski definition) is 2. The fourth-order valence-corrected chi connectivity index (χ4v) is 5.39. The number of benzene rings is 1. The van der Waals surface area contributed by atoms with Crippen LogP contribution in [-0.4, -0.2) is 75.9 Å². The van der Waals surface area contributed by atoms with Crippen molar-refractivity contribution in [1.29, 1.82) is 0 Å². The summed E-state index contributed by atoms with van der Waals surface area (Å²) >= 11 is 0. The molecular weight excluding hydrogens is 448 g/mol. The molecule has 1 aromatic rings. The second-order valence-corrected chi connectivity index (χ2v) is 10.2. The topological polar surface area (TPSA) is 93.9 Å². The summed E-state index contributed by atoms with van der Waals surface area (Å²) in [4.78, 5) is 12.7. The number of carbonyl (C=O) groups excluding carboxylic acids is 1. The summed E-state index contributed by atoms with van der Waals surface area (Å²) < 4.78 is 29.7. The van der Waals surface area contributed by atoms with E-state index in [0.29, 0.717) is 19.6 Å². The number of hydrogen-bond acceptors (Lipinski definition) is 8. The highest BCUT2D eigenvalue weighted by Gasteiger charge is 2.72. The minimum atomic E-state index is -0.344. The van der Waals surface area contributed by atoms with Crippen molar-refractivity contribution in [2.45, 2.75) is 69.5 Å². The fourth-order valence-electron chi connectivity index (χ4n) is 5.39. The number of methoxy groups -OCH3 is 1. The quantitative estimate of drug-likeness (QED) is 0.200. The number of allylic oxidation sites excluding steroid dienone is 1. The third-order valence-corrected chi connectivity index (χ3v) is 7.43. The molecule has 0 aromatic heterocycles. The Morgan fingerprint density at radius 2 is 2.00 bits per heavy atom. The number of nitrogens with one attached hydrogen (secondary N) is 2. The van der Waals surface area contributed by atoms with E-state index in [2.05, 4.69) is 37.5 Å². The monoisotopic (exact) mass is 488 g/mol. The lowest BCUT2D eigenvalue weighted by Crippen LogP contribution is -2.55. The van der Waals surface area contributed by atoms with E-state index >= 15 is 0 Å². The summed E-state index contributed by atoms with van der Waals surface area (Å²) in [5.74, 6) is 0.505. The minimum Gasteiger partial charge on any atom is -0.492 e. The highest BCUT2D eigenvalue weighted by molar-refractivity contribution is 5.75.